The molecule has 0 bridgehead atoms. The number of halogens is 1. The molecule has 0 saturated carbocycles. The summed E-state index contributed by atoms with van der Waals surface area (Å²) < 4.78 is 0.481. The number of carboxylic acids is 1. The average Bonchev–Trinajstić information content (AvgIpc) is 2.50. The highest BCUT2D eigenvalue weighted by atomic mass is 79.9. The Labute approximate surface area is 81.7 Å². The summed E-state index contributed by atoms with van der Waals surface area (Å²) in [6.45, 7) is 0. The highest BCUT2D eigenvalue weighted by molar-refractivity contribution is 9.10. The Kier molecular flexibility index (Phi) is 1.81. The van der Waals surface area contributed by atoms with Crippen molar-refractivity contribution in [1.29, 1.82) is 0 Å². The van der Waals surface area contributed by atoms with Crippen LogP contribution in [-0.4, -0.2) is 21.0 Å². The van der Waals surface area contributed by atoms with E-state index in [1.54, 1.807) is 12.3 Å². The molecule has 0 atom stereocenters. The minimum absolute atomic E-state index is 0.218. The number of aromatic nitrogens is 2. The van der Waals surface area contributed by atoms with Crippen molar-refractivity contribution < 1.29 is 9.90 Å². The van der Waals surface area contributed by atoms with Crippen molar-refractivity contribution in [2.75, 3.05) is 0 Å². The predicted octanol–water partition coefficient (Wildman–Crippen LogP) is 2.02. The lowest BCUT2D eigenvalue weighted by molar-refractivity contribution is 0.0698. The van der Waals surface area contributed by atoms with Gasteiger partial charge in [-0.25, -0.2) is 4.79 Å². The molecule has 2 rings (SSSR count). The minimum Gasteiger partial charge on any atom is -0.478 e. The molecular weight excluding hydrogens is 236 g/mol. The van der Waals surface area contributed by atoms with Gasteiger partial charge in [-0.3, -0.25) is 4.98 Å². The van der Waals surface area contributed by atoms with Gasteiger partial charge in [-0.1, -0.05) is 0 Å². The van der Waals surface area contributed by atoms with Gasteiger partial charge in [-0.05, 0) is 22.0 Å². The van der Waals surface area contributed by atoms with Crippen molar-refractivity contribution in [3.05, 3.63) is 28.5 Å². The molecule has 0 aliphatic carbocycles. The molecule has 2 N–H and O–H groups in total. The topological polar surface area (TPSA) is 66.0 Å². The second-order valence-electron chi connectivity index (χ2n) is 2.52. The Bertz CT molecular complexity index is 478. The first-order valence-corrected chi connectivity index (χ1v) is 4.34. The van der Waals surface area contributed by atoms with Crippen LogP contribution in [0.5, 0.6) is 0 Å². The second-order valence-corrected chi connectivity index (χ2v) is 3.38. The zero-order valence-corrected chi connectivity index (χ0v) is 8.00. The number of rotatable bonds is 1. The summed E-state index contributed by atoms with van der Waals surface area (Å²) >= 11 is 3.14. The standard InChI is InChI=1S/C8H5BrN2O2/c9-4-3-11-5-1-2-10-7(5)6(4)8(12)13/h1-3,10H,(H,12,13). The van der Waals surface area contributed by atoms with Crippen molar-refractivity contribution in [3.8, 4) is 0 Å². The molecule has 5 heteroatoms. The van der Waals surface area contributed by atoms with Gasteiger partial charge in [0.1, 0.15) is 5.56 Å². The molecule has 4 nitrogen and oxygen atoms in total. The second kappa shape index (κ2) is 2.85. The first kappa shape index (κ1) is 8.25. The van der Waals surface area contributed by atoms with E-state index in [0.29, 0.717) is 15.5 Å². The maximum absolute atomic E-state index is 10.9. The summed E-state index contributed by atoms with van der Waals surface area (Å²) in [5, 5.41) is 8.90. The van der Waals surface area contributed by atoms with E-state index in [4.69, 9.17) is 5.11 Å². The molecule has 0 aromatic carbocycles. The number of hydrogen-bond donors (Lipinski definition) is 2. The summed E-state index contributed by atoms with van der Waals surface area (Å²) in [6, 6.07) is 1.73. The van der Waals surface area contributed by atoms with Gasteiger partial charge in [0.2, 0.25) is 0 Å². The zero-order chi connectivity index (χ0) is 9.42. The molecule has 0 aliphatic rings. The van der Waals surface area contributed by atoms with Gasteiger partial charge < -0.3 is 10.1 Å². The normalized spacial score (nSPS) is 10.5. The number of aromatic amines is 1. The van der Waals surface area contributed by atoms with Crippen molar-refractivity contribution in [3.63, 3.8) is 0 Å². The molecule has 0 fully saturated rings. The number of fused-ring (bicyclic) bond motifs is 1. The van der Waals surface area contributed by atoms with Crippen LogP contribution >= 0.6 is 15.9 Å². The number of aromatic carboxylic acids is 1. The Balaban J connectivity index is 2.88. The lowest BCUT2D eigenvalue weighted by Crippen LogP contribution is -1.99. The van der Waals surface area contributed by atoms with Gasteiger partial charge in [0.05, 0.1) is 15.5 Å². The molecule has 0 saturated heterocycles. The van der Waals surface area contributed by atoms with E-state index in [9.17, 15) is 4.79 Å². The molecule has 0 unspecified atom stereocenters. The number of nitrogens with zero attached hydrogens (tertiary/aromatic N) is 1. The van der Waals surface area contributed by atoms with E-state index >= 15 is 0 Å². The first-order chi connectivity index (χ1) is 6.20. The first-order valence-electron chi connectivity index (χ1n) is 3.55. The number of carbonyl (C=O) groups is 1. The number of pyridine rings is 1. The zero-order valence-electron chi connectivity index (χ0n) is 6.41. The van der Waals surface area contributed by atoms with Gasteiger partial charge in [0, 0.05) is 12.4 Å². The quantitative estimate of drug-likeness (QED) is 0.802. The Morgan fingerprint density at radius 2 is 2.38 bits per heavy atom. The van der Waals surface area contributed by atoms with Crippen LogP contribution in [0.1, 0.15) is 10.4 Å². The molecule has 66 valence electrons. The lowest BCUT2D eigenvalue weighted by atomic mass is 10.2. The summed E-state index contributed by atoms with van der Waals surface area (Å²) in [5.41, 5.74) is 1.41. The largest absolute Gasteiger partial charge is 0.478 e. The van der Waals surface area contributed by atoms with E-state index in [2.05, 4.69) is 25.9 Å². The van der Waals surface area contributed by atoms with Crippen molar-refractivity contribution >= 4 is 32.9 Å². The molecular formula is C8H5BrN2O2. The SMILES string of the molecule is O=C(O)c1c(Br)cnc2cc[nH]c12. The fraction of sp³-hybridized carbons (Fsp3) is 0. The summed E-state index contributed by atoms with van der Waals surface area (Å²) in [4.78, 5) is 17.7. The van der Waals surface area contributed by atoms with E-state index in [-0.39, 0.29) is 5.56 Å². The van der Waals surface area contributed by atoms with Crippen LogP contribution in [0.4, 0.5) is 0 Å². The van der Waals surface area contributed by atoms with E-state index in [1.807, 2.05) is 0 Å². The number of hydrogen-bond acceptors (Lipinski definition) is 2. The number of nitrogens with one attached hydrogen (secondary N) is 1. The van der Waals surface area contributed by atoms with E-state index < -0.39 is 5.97 Å². The molecule has 0 amide bonds. The van der Waals surface area contributed by atoms with Crippen LogP contribution < -0.4 is 0 Å². The number of H-pyrrole nitrogens is 1. The molecule has 2 heterocycles. The fourth-order valence-corrected chi connectivity index (χ4v) is 1.66. The maximum Gasteiger partial charge on any atom is 0.339 e. The third kappa shape index (κ3) is 1.21. The van der Waals surface area contributed by atoms with E-state index in [1.165, 1.54) is 6.20 Å². The van der Waals surface area contributed by atoms with E-state index in [0.717, 1.165) is 0 Å². The van der Waals surface area contributed by atoms with Crippen LogP contribution in [-0.2, 0) is 0 Å². The monoisotopic (exact) mass is 240 g/mol. The third-order valence-electron chi connectivity index (χ3n) is 1.74. The van der Waals surface area contributed by atoms with Gasteiger partial charge in [0.25, 0.3) is 0 Å². The third-order valence-corrected chi connectivity index (χ3v) is 2.35. The minimum atomic E-state index is -0.971. The van der Waals surface area contributed by atoms with Crippen LogP contribution in [0, 0.1) is 0 Å². The summed E-state index contributed by atoms with van der Waals surface area (Å²) in [6.07, 6.45) is 3.15. The smallest absolute Gasteiger partial charge is 0.339 e. The predicted molar refractivity (Wildman–Crippen MR) is 50.8 cm³/mol. The molecule has 0 spiro atoms. The van der Waals surface area contributed by atoms with Crippen molar-refractivity contribution in [1.82, 2.24) is 9.97 Å². The van der Waals surface area contributed by atoms with Gasteiger partial charge >= 0.3 is 5.97 Å². The van der Waals surface area contributed by atoms with Crippen LogP contribution in [0.2, 0.25) is 0 Å². The fourth-order valence-electron chi connectivity index (χ4n) is 1.19. The highest BCUT2D eigenvalue weighted by Gasteiger charge is 2.14. The molecule has 13 heavy (non-hydrogen) atoms. The lowest BCUT2D eigenvalue weighted by Gasteiger charge is -1.99. The summed E-state index contributed by atoms with van der Waals surface area (Å²) in [7, 11) is 0. The van der Waals surface area contributed by atoms with Gasteiger partial charge in [-0.2, -0.15) is 0 Å². The molecule has 2 aromatic rings. The molecule has 2 aromatic heterocycles. The number of carboxylic acid groups (broad SMARTS) is 1. The Hall–Kier alpha value is -1.36. The van der Waals surface area contributed by atoms with Crippen LogP contribution in [0.3, 0.4) is 0 Å². The maximum atomic E-state index is 10.9. The van der Waals surface area contributed by atoms with Crippen LogP contribution in [0.15, 0.2) is 22.9 Å². The van der Waals surface area contributed by atoms with Gasteiger partial charge in [-0.15, -0.1) is 0 Å². The van der Waals surface area contributed by atoms with Crippen molar-refractivity contribution in [2.24, 2.45) is 0 Å². The van der Waals surface area contributed by atoms with Crippen molar-refractivity contribution in [2.45, 2.75) is 0 Å². The van der Waals surface area contributed by atoms with Gasteiger partial charge in [0.15, 0.2) is 0 Å². The Morgan fingerprint density at radius 3 is 3.08 bits per heavy atom. The molecule has 0 radical (unpaired) electrons. The van der Waals surface area contributed by atoms with Crippen LogP contribution in [0.25, 0.3) is 11.0 Å². The average molecular weight is 241 g/mol. The summed E-state index contributed by atoms with van der Waals surface area (Å²) in [5.74, 6) is -0.971. The Morgan fingerprint density at radius 1 is 1.62 bits per heavy atom. The highest BCUT2D eigenvalue weighted by Crippen LogP contribution is 2.23. The molecule has 0 aliphatic heterocycles.